The van der Waals surface area contributed by atoms with Gasteiger partial charge in [0, 0.05) is 6.04 Å². The molecule has 0 amide bonds. The fourth-order valence-corrected chi connectivity index (χ4v) is 1.35. The molecule has 0 saturated carbocycles. The summed E-state index contributed by atoms with van der Waals surface area (Å²) in [7, 11) is 0. The first-order valence-corrected chi connectivity index (χ1v) is 4.99. The van der Waals surface area contributed by atoms with Crippen molar-refractivity contribution in [1.29, 1.82) is 0 Å². The summed E-state index contributed by atoms with van der Waals surface area (Å²) in [5.74, 6) is 0.0258. The van der Waals surface area contributed by atoms with E-state index in [-0.39, 0.29) is 12.6 Å². The maximum Gasteiger partial charge on any atom is 0.317 e. The third-order valence-corrected chi connectivity index (χ3v) is 2.38. The lowest BCUT2D eigenvalue weighted by Gasteiger charge is -2.23. The number of carboxylic acids is 1. The minimum absolute atomic E-state index is 0.0395. The van der Waals surface area contributed by atoms with E-state index in [1.165, 1.54) is 0 Å². The highest BCUT2D eigenvalue weighted by atomic mass is 16.4. The van der Waals surface area contributed by atoms with Crippen LogP contribution in [0.5, 0.6) is 0 Å². The molecule has 0 aliphatic carbocycles. The van der Waals surface area contributed by atoms with Gasteiger partial charge in [-0.2, -0.15) is 0 Å². The summed E-state index contributed by atoms with van der Waals surface area (Å²) in [4.78, 5) is 12.5. The van der Waals surface area contributed by atoms with Crippen LogP contribution in [0.3, 0.4) is 0 Å². The molecule has 1 aromatic heterocycles. The molecule has 1 rings (SSSR count). The molecule has 1 heterocycles. The Morgan fingerprint density at radius 3 is 2.67 bits per heavy atom. The molecule has 0 spiro atoms. The van der Waals surface area contributed by atoms with Crippen molar-refractivity contribution in [3.63, 3.8) is 0 Å². The lowest BCUT2D eigenvalue weighted by Crippen LogP contribution is -2.35. The molecule has 15 heavy (non-hydrogen) atoms. The van der Waals surface area contributed by atoms with Crippen molar-refractivity contribution in [2.24, 2.45) is 0 Å². The molecular formula is C11H17NO3. The number of nitrogens with zero attached hydrogens (tertiary/aromatic N) is 1. The Hall–Kier alpha value is -1.29. The highest BCUT2D eigenvalue weighted by Crippen LogP contribution is 2.13. The van der Waals surface area contributed by atoms with Gasteiger partial charge in [0.2, 0.25) is 0 Å². The Balaban J connectivity index is 2.67. The number of carboxylic acid groups (broad SMARTS) is 1. The molecule has 4 heteroatoms. The van der Waals surface area contributed by atoms with E-state index in [1.54, 1.807) is 6.26 Å². The van der Waals surface area contributed by atoms with E-state index in [4.69, 9.17) is 9.52 Å². The Kier molecular flexibility index (Phi) is 3.91. The van der Waals surface area contributed by atoms with E-state index in [9.17, 15) is 4.79 Å². The van der Waals surface area contributed by atoms with Crippen molar-refractivity contribution < 1.29 is 14.3 Å². The smallest absolute Gasteiger partial charge is 0.317 e. The average molecular weight is 211 g/mol. The topological polar surface area (TPSA) is 53.7 Å². The summed E-state index contributed by atoms with van der Waals surface area (Å²) in [5, 5.41) is 8.76. The molecule has 0 radical (unpaired) electrons. The number of carbonyl (C=O) groups is 1. The summed E-state index contributed by atoms with van der Waals surface area (Å²) < 4.78 is 5.29. The summed E-state index contributed by atoms with van der Waals surface area (Å²) in [5.41, 5.74) is 1.06. The molecule has 1 N–H and O–H groups in total. The third-order valence-electron chi connectivity index (χ3n) is 2.38. The molecular weight excluding hydrogens is 194 g/mol. The highest BCUT2D eigenvalue weighted by molar-refractivity contribution is 5.69. The van der Waals surface area contributed by atoms with Crippen molar-refractivity contribution in [3.8, 4) is 0 Å². The second-order valence-corrected chi connectivity index (χ2v) is 3.92. The number of rotatable bonds is 5. The van der Waals surface area contributed by atoms with Crippen LogP contribution < -0.4 is 0 Å². The van der Waals surface area contributed by atoms with Crippen molar-refractivity contribution in [1.82, 2.24) is 4.90 Å². The van der Waals surface area contributed by atoms with E-state index < -0.39 is 5.97 Å². The van der Waals surface area contributed by atoms with Gasteiger partial charge in [-0.05, 0) is 32.4 Å². The van der Waals surface area contributed by atoms with Crippen LogP contribution in [0, 0.1) is 6.92 Å². The molecule has 0 aliphatic rings. The minimum atomic E-state index is -0.812. The van der Waals surface area contributed by atoms with Crippen LogP contribution >= 0.6 is 0 Å². The van der Waals surface area contributed by atoms with Crippen molar-refractivity contribution in [2.45, 2.75) is 33.4 Å². The second-order valence-electron chi connectivity index (χ2n) is 3.92. The quantitative estimate of drug-likeness (QED) is 0.808. The standard InChI is InChI=1S/C11H17NO3/c1-8(2)12(7-11(13)14)6-10-9(3)4-5-15-10/h4-5,8H,6-7H2,1-3H3,(H,13,14). The molecule has 84 valence electrons. The zero-order valence-electron chi connectivity index (χ0n) is 9.36. The third kappa shape index (κ3) is 3.40. The molecule has 1 aromatic rings. The monoisotopic (exact) mass is 211 g/mol. The van der Waals surface area contributed by atoms with Gasteiger partial charge in [0.05, 0.1) is 19.4 Å². The van der Waals surface area contributed by atoms with Crippen LogP contribution in [-0.4, -0.2) is 28.6 Å². The number of aliphatic carboxylic acids is 1. The van der Waals surface area contributed by atoms with Gasteiger partial charge in [0.1, 0.15) is 5.76 Å². The van der Waals surface area contributed by atoms with Gasteiger partial charge < -0.3 is 9.52 Å². The summed E-state index contributed by atoms with van der Waals surface area (Å²) in [6.45, 7) is 6.49. The second kappa shape index (κ2) is 4.98. The van der Waals surface area contributed by atoms with Crippen molar-refractivity contribution in [2.75, 3.05) is 6.54 Å². The van der Waals surface area contributed by atoms with Crippen LogP contribution in [-0.2, 0) is 11.3 Å². The lowest BCUT2D eigenvalue weighted by molar-refractivity contribution is -0.139. The Labute approximate surface area is 89.5 Å². The first-order valence-electron chi connectivity index (χ1n) is 4.99. The van der Waals surface area contributed by atoms with Crippen LogP contribution in [0.1, 0.15) is 25.2 Å². The van der Waals surface area contributed by atoms with Gasteiger partial charge in [-0.15, -0.1) is 0 Å². The van der Waals surface area contributed by atoms with Gasteiger partial charge >= 0.3 is 5.97 Å². The van der Waals surface area contributed by atoms with Gasteiger partial charge in [-0.1, -0.05) is 0 Å². The SMILES string of the molecule is Cc1ccoc1CN(CC(=O)O)C(C)C. The first-order chi connectivity index (χ1) is 7.00. The zero-order chi connectivity index (χ0) is 11.4. The average Bonchev–Trinajstić information content (AvgIpc) is 2.50. The predicted octanol–water partition coefficient (Wildman–Crippen LogP) is 1.88. The molecule has 0 unspecified atom stereocenters. The maximum absolute atomic E-state index is 10.7. The van der Waals surface area contributed by atoms with Crippen molar-refractivity contribution >= 4 is 5.97 Å². The van der Waals surface area contributed by atoms with Crippen LogP contribution in [0.4, 0.5) is 0 Å². The van der Waals surface area contributed by atoms with Gasteiger partial charge in [-0.25, -0.2) is 0 Å². The summed E-state index contributed by atoms with van der Waals surface area (Å²) in [6.07, 6.45) is 1.63. The molecule has 4 nitrogen and oxygen atoms in total. The largest absolute Gasteiger partial charge is 0.480 e. The van der Waals surface area contributed by atoms with E-state index in [2.05, 4.69) is 0 Å². The van der Waals surface area contributed by atoms with E-state index >= 15 is 0 Å². The fourth-order valence-electron chi connectivity index (χ4n) is 1.35. The minimum Gasteiger partial charge on any atom is -0.480 e. The zero-order valence-corrected chi connectivity index (χ0v) is 9.36. The highest BCUT2D eigenvalue weighted by Gasteiger charge is 2.16. The molecule has 0 bridgehead atoms. The normalized spacial score (nSPS) is 11.3. The number of aryl methyl sites for hydroxylation is 1. The van der Waals surface area contributed by atoms with Crippen LogP contribution in [0.25, 0.3) is 0 Å². The number of furan rings is 1. The summed E-state index contributed by atoms with van der Waals surface area (Å²) in [6, 6.07) is 2.07. The Morgan fingerprint density at radius 2 is 2.27 bits per heavy atom. The van der Waals surface area contributed by atoms with Gasteiger partial charge in [0.15, 0.2) is 0 Å². The van der Waals surface area contributed by atoms with Gasteiger partial charge in [0.25, 0.3) is 0 Å². The van der Waals surface area contributed by atoms with Crippen molar-refractivity contribution in [3.05, 3.63) is 23.7 Å². The van der Waals surface area contributed by atoms with Crippen LogP contribution in [0.15, 0.2) is 16.7 Å². The van der Waals surface area contributed by atoms with Crippen LogP contribution in [0.2, 0.25) is 0 Å². The summed E-state index contributed by atoms with van der Waals surface area (Å²) >= 11 is 0. The van der Waals surface area contributed by atoms with E-state index in [0.29, 0.717) is 6.54 Å². The molecule has 0 aromatic carbocycles. The fraction of sp³-hybridized carbons (Fsp3) is 0.545. The molecule has 0 saturated heterocycles. The Morgan fingerprint density at radius 1 is 1.60 bits per heavy atom. The molecule has 0 atom stereocenters. The Bertz CT molecular complexity index is 330. The number of hydrogen-bond acceptors (Lipinski definition) is 3. The first kappa shape index (κ1) is 11.8. The number of hydrogen-bond donors (Lipinski definition) is 1. The predicted molar refractivity (Wildman–Crippen MR) is 56.6 cm³/mol. The van der Waals surface area contributed by atoms with E-state index in [1.807, 2.05) is 31.7 Å². The lowest BCUT2D eigenvalue weighted by atomic mass is 10.2. The van der Waals surface area contributed by atoms with Gasteiger partial charge in [-0.3, -0.25) is 9.69 Å². The maximum atomic E-state index is 10.7. The molecule has 0 fully saturated rings. The molecule has 0 aliphatic heterocycles. The van der Waals surface area contributed by atoms with E-state index in [0.717, 1.165) is 11.3 Å².